The van der Waals surface area contributed by atoms with E-state index in [1.54, 1.807) is 0 Å². The number of ether oxygens (including phenoxy) is 1. The van der Waals surface area contributed by atoms with Gasteiger partial charge in [0.1, 0.15) is 5.75 Å². The van der Waals surface area contributed by atoms with Crippen molar-refractivity contribution in [3.63, 3.8) is 0 Å². The summed E-state index contributed by atoms with van der Waals surface area (Å²) in [5, 5.41) is 0. The Labute approximate surface area is 184 Å². The van der Waals surface area contributed by atoms with Crippen LogP contribution in [0.25, 0.3) is 11.4 Å². The van der Waals surface area contributed by atoms with Gasteiger partial charge in [-0.1, -0.05) is 58.3 Å². The second kappa shape index (κ2) is 12.3. The molecule has 0 radical (unpaired) electrons. The molecule has 0 atom stereocenters. The number of hydrogen-bond acceptors (Lipinski definition) is 3. The molecule has 0 spiro atoms. The van der Waals surface area contributed by atoms with Gasteiger partial charge in [0.05, 0.1) is 11.1 Å². The van der Waals surface area contributed by atoms with Crippen LogP contribution >= 0.6 is 15.9 Å². The zero-order chi connectivity index (χ0) is 20.3. The van der Waals surface area contributed by atoms with Crippen LogP contribution in [0.3, 0.4) is 0 Å². The van der Waals surface area contributed by atoms with Crippen molar-refractivity contribution in [1.82, 2.24) is 9.97 Å². The summed E-state index contributed by atoms with van der Waals surface area (Å²) in [4.78, 5) is 9.19. The lowest BCUT2D eigenvalue weighted by molar-refractivity contribution is 0.208. The Bertz CT molecular complexity index is 726. The highest BCUT2D eigenvalue weighted by atomic mass is 79.9. The average Bonchev–Trinajstić information content (AvgIpc) is 2.76. The van der Waals surface area contributed by atoms with Gasteiger partial charge in [0.2, 0.25) is 0 Å². The maximum Gasteiger partial charge on any atom is 0.159 e. The Hall–Kier alpha value is -1.42. The molecule has 0 amide bonds. The zero-order valence-corrected chi connectivity index (χ0v) is 19.4. The van der Waals surface area contributed by atoms with E-state index in [-0.39, 0.29) is 0 Å². The first-order valence-electron chi connectivity index (χ1n) is 11.5. The summed E-state index contributed by atoms with van der Waals surface area (Å²) < 4.78 is 7.06. The van der Waals surface area contributed by atoms with E-state index >= 15 is 0 Å². The van der Waals surface area contributed by atoms with E-state index in [1.165, 1.54) is 76.2 Å². The number of benzene rings is 1. The number of aryl methyl sites for hydroxylation is 1. The van der Waals surface area contributed by atoms with Gasteiger partial charge in [0, 0.05) is 18.0 Å². The van der Waals surface area contributed by atoms with E-state index in [0.717, 1.165) is 34.6 Å². The molecule has 1 heterocycles. The fourth-order valence-electron chi connectivity index (χ4n) is 4.06. The molecule has 158 valence electrons. The Morgan fingerprint density at radius 3 is 2.41 bits per heavy atom. The quantitative estimate of drug-likeness (QED) is 0.322. The normalized spacial score (nSPS) is 14.8. The average molecular weight is 459 g/mol. The van der Waals surface area contributed by atoms with E-state index in [4.69, 9.17) is 4.74 Å². The summed E-state index contributed by atoms with van der Waals surface area (Å²) >= 11 is 3.66. The highest BCUT2D eigenvalue weighted by Crippen LogP contribution is 2.31. The molecule has 3 rings (SSSR count). The Morgan fingerprint density at radius 2 is 1.69 bits per heavy atom. The van der Waals surface area contributed by atoms with Crippen LogP contribution in [0, 0.1) is 5.92 Å². The van der Waals surface area contributed by atoms with Crippen LogP contribution in [0.1, 0.15) is 83.1 Å². The summed E-state index contributed by atoms with van der Waals surface area (Å²) in [7, 11) is 0. The summed E-state index contributed by atoms with van der Waals surface area (Å²) in [6.45, 7) is 3.08. The van der Waals surface area contributed by atoms with Gasteiger partial charge < -0.3 is 4.74 Å². The second-order valence-electron chi connectivity index (χ2n) is 8.39. The van der Waals surface area contributed by atoms with Crippen molar-refractivity contribution in [3.8, 4) is 17.1 Å². The first-order chi connectivity index (χ1) is 14.3. The molecule has 1 aliphatic rings. The highest BCUT2D eigenvalue weighted by molar-refractivity contribution is 9.10. The van der Waals surface area contributed by atoms with Crippen molar-refractivity contribution in [2.24, 2.45) is 5.92 Å². The molecule has 0 saturated heterocycles. The van der Waals surface area contributed by atoms with E-state index < -0.39 is 0 Å². The van der Waals surface area contributed by atoms with Gasteiger partial charge in [0.15, 0.2) is 5.82 Å². The monoisotopic (exact) mass is 458 g/mol. The topological polar surface area (TPSA) is 35.0 Å². The van der Waals surface area contributed by atoms with Crippen molar-refractivity contribution in [2.75, 3.05) is 6.61 Å². The molecule has 0 unspecified atom stereocenters. The van der Waals surface area contributed by atoms with E-state index in [2.05, 4.69) is 45.0 Å². The van der Waals surface area contributed by atoms with E-state index in [1.807, 2.05) is 18.5 Å². The molecule has 1 aromatic heterocycles. The minimum Gasteiger partial charge on any atom is -0.492 e. The van der Waals surface area contributed by atoms with Crippen molar-refractivity contribution in [3.05, 3.63) is 40.6 Å². The number of rotatable bonds is 11. The number of unbranched alkanes of at least 4 members (excludes halogenated alkanes) is 5. The van der Waals surface area contributed by atoms with E-state index in [0.29, 0.717) is 5.92 Å². The van der Waals surface area contributed by atoms with Crippen LogP contribution in [0.15, 0.2) is 35.1 Å². The SMILES string of the molecule is CCCCCCCCc1cnc(-c2ccc(OCC3CCCCC3)c(Br)c2)nc1. The van der Waals surface area contributed by atoms with Crippen LogP contribution in [0.5, 0.6) is 5.75 Å². The van der Waals surface area contributed by atoms with E-state index in [9.17, 15) is 0 Å². The maximum absolute atomic E-state index is 6.08. The number of hydrogen-bond donors (Lipinski definition) is 0. The van der Waals surface area contributed by atoms with Gasteiger partial charge in [-0.05, 0) is 71.3 Å². The molecule has 4 heteroatoms. The first-order valence-corrected chi connectivity index (χ1v) is 12.3. The summed E-state index contributed by atoms with van der Waals surface area (Å²) in [5.41, 5.74) is 2.25. The molecule has 3 nitrogen and oxygen atoms in total. The summed E-state index contributed by atoms with van der Waals surface area (Å²) in [6.07, 6.45) is 19.6. The molecule has 0 bridgehead atoms. The van der Waals surface area contributed by atoms with Crippen molar-refractivity contribution in [1.29, 1.82) is 0 Å². The molecule has 0 aliphatic heterocycles. The minimum absolute atomic E-state index is 0.706. The van der Waals surface area contributed by atoms with Gasteiger partial charge in [0.25, 0.3) is 0 Å². The first kappa shape index (κ1) is 22.3. The van der Waals surface area contributed by atoms with Gasteiger partial charge in [-0.15, -0.1) is 0 Å². The Morgan fingerprint density at radius 1 is 0.966 bits per heavy atom. The minimum atomic E-state index is 0.706. The lowest BCUT2D eigenvalue weighted by Gasteiger charge is -2.22. The molecule has 29 heavy (non-hydrogen) atoms. The number of halogens is 1. The van der Waals surface area contributed by atoms with Crippen LogP contribution in [-0.4, -0.2) is 16.6 Å². The molecule has 1 fully saturated rings. The van der Waals surface area contributed by atoms with Crippen LogP contribution in [0.4, 0.5) is 0 Å². The Kier molecular flexibility index (Phi) is 9.46. The molecule has 0 N–H and O–H groups in total. The Balaban J connectivity index is 1.49. The smallest absolute Gasteiger partial charge is 0.159 e. The third kappa shape index (κ3) is 7.40. The zero-order valence-electron chi connectivity index (χ0n) is 17.8. The fraction of sp³-hybridized carbons (Fsp3) is 0.600. The van der Waals surface area contributed by atoms with Crippen LogP contribution < -0.4 is 4.74 Å². The highest BCUT2D eigenvalue weighted by Gasteiger charge is 2.15. The summed E-state index contributed by atoms with van der Waals surface area (Å²) in [6, 6.07) is 6.17. The number of aromatic nitrogens is 2. The molecule has 1 aromatic carbocycles. The van der Waals surface area contributed by atoms with Gasteiger partial charge in [-0.2, -0.15) is 0 Å². The molecule has 1 aliphatic carbocycles. The third-order valence-electron chi connectivity index (χ3n) is 5.91. The van der Waals surface area contributed by atoms with Gasteiger partial charge in [-0.25, -0.2) is 9.97 Å². The van der Waals surface area contributed by atoms with Gasteiger partial charge in [-0.3, -0.25) is 0 Å². The fourth-order valence-corrected chi connectivity index (χ4v) is 4.55. The third-order valence-corrected chi connectivity index (χ3v) is 6.53. The van der Waals surface area contributed by atoms with Gasteiger partial charge >= 0.3 is 0 Å². The van der Waals surface area contributed by atoms with Crippen molar-refractivity contribution in [2.45, 2.75) is 84.0 Å². The predicted molar refractivity (Wildman–Crippen MR) is 124 cm³/mol. The lowest BCUT2D eigenvalue weighted by atomic mass is 9.90. The number of nitrogens with zero attached hydrogens (tertiary/aromatic N) is 2. The predicted octanol–water partition coefficient (Wildman–Crippen LogP) is 7.77. The molecule has 1 saturated carbocycles. The maximum atomic E-state index is 6.08. The van der Waals surface area contributed by atoms with Crippen LogP contribution in [0.2, 0.25) is 0 Å². The second-order valence-corrected chi connectivity index (χ2v) is 9.25. The van der Waals surface area contributed by atoms with Crippen molar-refractivity contribution < 1.29 is 4.74 Å². The largest absolute Gasteiger partial charge is 0.492 e. The summed E-state index contributed by atoms with van der Waals surface area (Å²) in [5.74, 6) is 2.40. The molecule has 2 aromatic rings. The molecular formula is C25H35BrN2O. The lowest BCUT2D eigenvalue weighted by Crippen LogP contribution is -2.15. The van der Waals surface area contributed by atoms with Crippen molar-refractivity contribution >= 4 is 15.9 Å². The molecular weight excluding hydrogens is 424 g/mol. The standard InChI is InChI=1S/C25H35BrN2O/c1-2-3-4-5-6-8-13-21-17-27-25(28-18-21)22-14-15-24(23(26)16-22)29-19-20-11-9-7-10-12-20/h14-18,20H,2-13,19H2,1H3. The van der Waals surface area contributed by atoms with Crippen LogP contribution in [-0.2, 0) is 6.42 Å².